The molecule has 0 aromatic carbocycles. The summed E-state index contributed by atoms with van der Waals surface area (Å²) in [5.41, 5.74) is -0.209. The van der Waals surface area contributed by atoms with Crippen LogP contribution < -0.4 is 5.32 Å². The normalized spacial score (nSPS) is 24.4. The van der Waals surface area contributed by atoms with E-state index in [4.69, 9.17) is 0 Å². The van der Waals surface area contributed by atoms with E-state index in [9.17, 15) is 19.5 Å². The number of Topliss-reactive ketones (excluding diaryl/α,β-unsaturated/α-hetero) is 1. The van der Waals surface area contributed by atoms with Crippen LogP contribution >= 0.6 is 11.3 Å². The number of nitrogens with zero attached hydrogens (tertiary/aromatic N) is 1. The highest BCUT2D eigenvalue weighted by Crippen LogP contribution is 2.34. The number of nitrogens with one attached hydrogen (secondary N) is 1. The van der Waals surface area contributed by atoms with Crippen molar-refractivity contribution in [1.82, 2.24) is 10.3 Å². The first-order valence-electron chi connectivity index (χ1n) is 9.01. The number of aliphatic hydroxyl groups is 1. The molecule has 0 radical (unpaired) electrons. The predicted molar refractivity (Wildman–Crippen MR) is 105 cm³/mol. The van der Waals surface area contributed by atoms with E-state index >= 15 is 0 Å². The standard InChI is InChI=1S/C20H26N2O4S/c1-13(21-14(2)23)19-22-16(12-27-19)6-4-5-7-17(24)10-15-11-18(25)8-9-20(15,3)26/h4-7,12-13,15,26H,8-11H2,1-3H3,(H,21,23)/b6-4+,7-5+/t13-,15+,20+/m1/s1. The number of carbonyl (C=O) groups is 3. The number of thiazole rings is 1. The summed E-state index contributed by atoms with van der Waals surface area (Å²) in [6, 6.07) is -0.141. The highest BCUT2D eigenvalue weighted by Gasteiger charge is 2.38. The summed E-state index contributed by atoms with van der Waals surface area (Å²) >= 11 is 1.46. The van der Waals surface area contributed by atoms with Crippen molar-refractivity contribution in [3.8, 4) is 0 Å². The van der Waals surface area contributed by atoms with Crippen LogP contribution in [-0.2, 0) is 14.4 Å². The second kappa shape index (κ2) is 9.19. The molecule has 0 aliphatic heterocycles. The monoisotopic (exact) mass is 390 g/mol. The van der Waals surface area contributed by atoms with Gasteiger partial charge in [0, 0.05) is 37.5 Å². The molecule has 0 unspecified atom stereocenters. The summed E-state index contributed by atoms with van der Waals surface area (Å²) in [5, 5.41) is 15.8. The van der Waals surface area contributed by atoms with Crippen LogP contribution in [0.3, 0.4) is 0 Å². The van der Waals surface area contributed by atoms with E-state index in [2.05, 4.69) is 10.3 Å². The lowest BCUT2D eigenvalue weighted by molar-refractivity contribution is -0.132. The molecule has 0 saturated heterocycles. The maximum atomic E-state index is 12.1. The molecule has 1 aliphatic rings. The van der Waals surface area contributed by atoms with Crippen LogP contribution in [0, 0.1) is 5.92 Å². The Morgan fingerprint density at radius 3 is 2.93 bits per heavy atom. The summed E-state index contributed by atoms with van der Waals surface area (Å²) in [6.07, 6.45) is 7.82. The van der Waals surface area contributed by atoms with Gasteiger partial charge in [-0.2, -0.15) is 0 Å². The number of carbonyl (C=O) groups excluding carboxylic acids is 3. The van der Waals surface area contributed by atoms with E-state index in [-0.39, 0.29) is 42.3 Å². The van der Waals surface area contributed by atoms with Crippen molar-refractivity contribution in [2.75, 3.05) is 0 Å². The van der Waals surface area contributed by atoms with Crippen LogP contribution in [0.4, 0.5) is 0 Å². The molecule has 1 amide bonds. The van der Waals surface area contributed by atoms with Gasteiger partial charge >= 0.3 is 0 Å². The molecular formula is C20H26N2O4S. The lowest BCUT2D eigenvalue weighted by atomic mass is 9.74. The Hall–Kier alpha value is -2.12. The molecule has 1 saturated carbocycles. The molecule has 2 rings (SSSR count). The zero-order valence-electron chi connectivity index (χ0n) is 15.9. The first kappa shape index (κ1) is 21.2. The Morgan fingerprint density at radius 2 is 2.22 bits per heavy atom. The van der Waals surface area contributed by atoms with Crippen LogP contribution in [0.2, 0.25) is 0 Å². The summed E-state index contributed by atoms with van der Waals surface area (Å²) < 4.78 is 0. The Bertz CT molecular complexity index is 764. The molecular weight excluding hydrogens is 364 g/mol. The fourth-order valence-corrected chi connectivity index (χ4v) is 3.85. The third-order valence-electron chi connectivity index (χ3n) is 4.70. The Balaban J connectivity index is 1.87. The topological polar surface area (TPSA) is 96.4 Å². The Kier molecular flexibility index (Phi) is 7.21. The van der Waals surface area contributed by atoms with Crippen molar-refractivity contribution < 1.29 is 19.5 Å². The number of hydrogen-bond acceptors (Lipinski definition) is 6. The van der Waals surface area contributed by atoms with Gasteiger partial charge in [0.25, 0.3) is 0 Å². The minimum atomic E-state index is -0.963. The maximum absolute atomic E-state index is 12.1. The van der Waals surface area contributed by atoms with Gasteiger partial charge in [0.2, 0.25) is 5.91 Å². The SMILES string of the molecule is CC(=O)N[C@H](C)c1nc(/C=C/C=C/C(=O)C[C@H]2CC(=O)CC[C@]2(C)O)cs1. The van der Waals surface area contributed by atoms with E-state index < -0.39 is 5.60 Å². The number of ketones is 2. The molecule has 1 fully saturated rings. The quantitative estimate of drug-likeness (QED) is 0.551. The molecule has 1 aliphatic carbocycles. The van der Waals surface area contributed by atoms with Gasteiger partial charge in [0.05, 0.1) is 17.3 Å². The van der Waals surface area contributed by atoms with Crippen molar-refractivity contribution in [1.29, 1.82) is 0 Å². The van der Waals surface area contributed by atoms with E-state index in [0.29, 0.717) is 12.8 Å². The number of allylic oxidation sites excluding steroid dienone is 3. The maximum Gasteiger partial charge on any atom is 0.217 e. The molecule has 1 aromatic heterocycles. The zero-order chi connectivity index (χ0) is 20.0. The highest BCUT2D eigenvalue weighted by atomic mass is 32.1. The van der Waals surface area contributed by atoms with Gasteiger partial charge in [0.15, 0.2) is 5.78 Å². The molecule has 6 nitrogen and oxygen atoms in total. The van der Waals surface area contributed by atoms with Crippen LogP contribution in [0.25, 0.3) is 6.08 Å². The molecule has 0 spiro atoms. The number of aromatic nitrogens is 1. The minimum Gasteiger partial charge on any atom is -0.390 e. The molecule has 7 heteroatoms. The first-order chi connectivity index (χ1) is 12.7. The highest BCUT2D eigenvalue weighted by molar-refractivity contribution is 7.09. The second-order valence-corrected chi connectivity index (χ2v) is 8.11. The van der Waals surface area contributed by atoms with Crippen molar-refractivity contribution in [2.24, 2.45) is 5.92 Å². The minimum absolute atomic E-state index is 0.102. The summed E-state index contributed by atoms with van der Waals surface area (Å²) in [4.78, 5) is 39.2. The second-order valence-electron chi connectivity index (χ2n) is 7.22. The van der Waals surface area contributed by atoms with Crippen molar-refractivity contribution in [2.45, 2.75) is 58.1 Å². The first-order valence-corrected chi connectivity index (χ1v) is 9.89. The number of rotatable bonds is 7. The molecule has 2 N–H and O–H groups in total. The molecule has 1 heterocycles. The van der Waals surface area contributed by atoms with Gasteiger partial charge < -0.3 is 10.4 Å². The van der Waals surface area contributed by atoms with Crippen LogP contribution in [0.5, 0.6) is 0 Å². The van der Waals surface area contributed by atoms with Gasteiger partial charge in [-0.15, -0.1) is 11.3 Å². The number of amides is 1. The lowest BCUT2D eigenvalue weighted by Gasteiger charge is -2.35. The van der Waals surface area contributed by atoms with Gasteiger partial charge in [-0.1, -0.05) is 12.2 Å². The molecule has 0 bridgehead atoms. The average molecular weight is 391 g/mol. The van der Waals surface area contributed by atoms with Crippen LogP contribution in [0.1, 0.15) is 63.2 Å². The van der Waals surface area contributed by atoms with E-state index in [1.807, 2.05) is 12.3 Å². The predicted octanol–water partition coefficient (Wildman–Crippen LogP) is 2.99. The molecule has 146 valence electrons. The smallest absolute Gasteiger partial charge is 0.217 e. The van der Waals surface area contributed by atoms with Gasteiger partial charge in [-0.3, -0.25) is 14.4 Å². The van der Waals surface area contributed by atoms with Gasteiger partial charge in [-0.05, 0) is 32.4 Å². The third-order valence-corrected chi connectivity index (χ3v) is 5.75. The van der Waals surface area contributed by atoms with E-state index in [1.165, 1.54) is 24.3 Å². The summed E-state index contributed by atoms with van der Waals surface area (Å²) in [7, 11) is 0. The molecule has 27 heavy (non-hydrogen) atoms. The lowest BCUT2D eigenvalue weighted by Crippen LogP contribution is -2.41. The Morgan fingerprint density at radius 1 is 1.48 bits per heavy atom. The largest absolute Gasteiger partial charge is 0.390 e. The number of hydrogen-bond donors (Lipinski definition) is 2. The van der Waals surface area contributed by atoms with Gasteiger partial charge in [-0.25, -0.2) is 4.98 Å². The fourth-order valence-electron chi connectivity index (χ4n) is 3.06. The van der Waals surface area contributed by atoms with Crippen LogP contribution in [0.15, 0.2) is 23.6 Å². The Labute approximate surface area is 163 Å². The molecule has 3 atom stereocenters. The average Bonchev–Trinajstić information content (AvgIpc) is 3.04. The fraction of sp³-hybridized carbons (Fsp3) is 0.500. The third kappa shape index (κ3) is 6.52. The summed E-state index contributed by atoms with van der Waals surface area (Å²) in [5.74, 6) is -0.431. The van der Waals surface area contributed by atoms with E-state index in [0.717, 1.165) is 10.7 Å². The van der Waals surface area contributed by atoms with Crippen molar-refractivity contribution >= 4 is 34.9 Å². The van der Waals surface area contributed by atoms with Crippen molar-refractivity contribution in [3.05, 3.63) is 34.3 Å². The van der Waals surface area contributed by atoms with Crippen molar-refractivity contribution in [3.63, 3.8) is 0 Å². The zero-order valence-corrected chi connectivity index (χ0v) is 16.7. The van der Waals surface area contributed by atoms with E-state index in [1.54, 1.807) is 25.2 Å². The summed E-state index contributed by atoms with van der Waals surface area (Å²) in [6.45, 7) is 5.04. The van der Waals surface area contributed by atoms with Crippen LogP contribution in [-0.4, -0.2) is 33.2 Å². The molecule has 1 aromatic rings. The van der Waals surface area contributed by atoms with Gasteiger partial charge in [0.1, 0.15) is 10.8 Å².